The van der Waals surface area contributed by atoms with Gasteiger partial charge in [0.1, 0.15) is 0 Å². The second-order valence-electron chi connectivity index (χ2n) is 5.59. The highest BCUT2D eigenvalue weighted by Gasteiger charge is 2.14. The van der Waals surface area contributed by atoms with Crippen molar-refractivity contribution in [2.75, 3.05) is 12.3 Å². The maximum absolute atomic E-state index is 12.4. The number of carbonyl (C=O) groups excluding carboxylic acids is 2. The average Bonchev–Trinajstić information content (AvgIpc) is 3.30. The lowest BCUT2D eigenvalue weighted by molar-refractivity contribution is -0.118. The molecule has 0 bridgehead atoms. The van der Waals surface area contributed by atoms with E-state index in [0.29, 0.717) is 29.0 Å². The number of hydrogen-bond donors (Lipinski definition) is 1. The molecule has 0 unspecified atom stereocenters. The molecule has 9 heteroatoms. The number of hydrogen-bond acceptors (Lipinski definition) is 7. The Morgan fingerprint density at radius 3 is 2.70 bits per heavy atom. The van der Waals surface area contributed by atoms with Crippen molar-refractivity contribution in [3.63, 3.8) is 0 Å². The molecule has 0 atom stereocenters. The Morgan fingerprint density at radius 2 is 1.96 bits per heavy atom. The summed E-state index contributed by atoms with van der Waals surface area (Å²) in [5.41, 5.74) is 0.825. The van der Waals surface area contributed by atoms with E-state index in [1.807, 2.05) is 36.4 Å². The first-order valence-electron chi connectivity index (χ1n) is 8.10. The van der Waals surface area contributed by atoms with Gasteiger partial charge in [0.15, 0.2) is 5.78 Å². The molecule has 140 valence electrons. The van der Waals surface area contributed by atoms with Crippen molar-refractivity contribution in [1.82, 2.24) is 15.5 Å². The van der Waals surface area contributed by atoms with Crippen LogP contribution in [0.2, 0.25) is 0 Å². The van der Waals surface area contributed by atoms with E-state index in [4.69, 9.17) is 4.42 Å². The summed E-state index contributed by atoms with van der Waals surface area (Å²) in [5.74, 6) is 0.613. The molecule has 0 saturated carbocycles. The molecule has 6 nitrogen and oxygen atoms in total. The lowest BCUT2D eigenvalue weighted by Gasteiger charge is -1.99. The number of nitrogens with zero attached hydrogens (tertiary/aromatic N) is 2. The van der Waals surface area contributed by atoms with Crippen LogP contribution in [0.4, 0.5) is 0 Å². The second-order valence-corrected chi connectivity index (χ2v) is 8.60. The smallest absolute Gasteiger partial charge is 0.277 e. The SMILES string of the molecule is CC(=O)NCCc1ccc(C(=O)CSc2nnc(-c3ccc(Br)cc3)o2)s1. The zero-order valence-corrected chi connectivity index (χ0v) is 17.6. The summed E-state index contributed by atoms with van der Waals surface area (Å²) in [6.45, 7) is 2.05. The van der Waals surface area contributed by atoms with Gasteiger partial charge >= 0.3 is 0 Å². The minimum Gasteiger partial charge on any atom is -0.411 e. The standard InChI is InChI=1S/C18H16BrN3O3S2/c1-11(23)20-9-8-14-6-7-16(27-14)15(24)10-26-18-22-21-17(25-18)12-2-4-13(19)5-3-12/h2-7H,8-10H2,1H3,(H,20,23). The maximum atomic E-state index is 12.4. The van der Waals surface area contributed by atoms with Crippen LogP contribution in [0.3, 0.4) is 0 Å². The Balaban J connectivity index is 1.53. The molecule has 0 saturated heterocycles. The minimum atomic E-state index is -0.0543. The van der Waals surface area contributed by atoms with E-state index in [-0.39, 0.29) is 17.4 Å². The monoisotopic (exact) mass is 465 g/mol. The molecular weight excluding hydrogens is 450 g/mol. The molecule has 1 aromatic carbocycles. The fourth-order valence-electron chi connectivity index (χ4n) is 2.20. The molecule has 0 spiro atoms. The first-order valence-corrected chi connectivity index (χ1v) is 10.7. The van der Waals surface area contributed by atoms with Crippen LogP contribution < -0.4 is 5.32 Å². The van der Waals surface area contributed by atoms with Gasteiger partial charge in [0.05, 0.1) is 10.6 Å². The molecule has 3 aromatic rings. The zero-order chi connectivity index (χ0) is 19.2. The second kappa shape index (κ2) is 9.29. The summed E-state index contributed by atoms with van der Waals surface area (Å²) in [6, 6.07) is 11.3. The number of amides is 1. The Kier molecular flexibility index (Phi) is 6.81. The number of nitrogens with one attached hydrogen (secondary N) is 1. The predicted molar refractivity (Wildman–Crippen MR) is 109 cm³/mol. The molecule has 2 aromatic heterocycles. The number of aromatic nitrogens is 2. The number of thiophene rings is 1. The summed E-state index contributed by atoms with van der Waals surface area (Å²) in [7, 11) is 0. The molecule has 0 fully saturated rings. The van der Waals surface area contributed by atoms with Gasteiger partial charge in [0, 0.05) is 28.4 Å². The van der Waals surface area contributed by atoms with Gasteiger partial charge in [0.25, 0.3) is 5.22 Å². The number of halogens is 1. The van der Waals surface area contributed by atoms with Crippen molar-refractivity contribution in [2.24, 2.45) is 0 Å². The molecule has 1 N–H and O–H groups in total. The van der Waals surface area contributed by atoms with Crippen molar-refractivity contribution in [3.8, 4) is 11.5 Å². The van der Waals surface area contributed by atoms with Crippen LogP contribution in [0.25, 0.3) is 11.5 Å². The van der Waals surface area contributed by atoms with E-state index in [2.05, 4.69) is 31.4 Å². The molecule has 0 aliphatic rings. The summed E-state index contributed by atoms with van der Waals surface area (Å²) >= 11 is 6.05. The van der Waals surface area contributed by atoms with Crippen LogP contribution in [0.15, 0.2) is 50.5 Å². The molecule has 0 aliphatic carbocycles. The number of Topliss-reactive ketones (excluding diaryl/α,β-unsaturated/α-hetero) is 1. The third kappa shape index (κ3) is 5.75. The molecule has 0 aliphatic heterocycles. The number of rotatable bonds is 8. The summed E-state index contributed by atoms with van der Waals surface area (Å²) in [4.78, 5) is 25.0. The lowest BCUT2D eigenvalue weighted by Crippen LogP contribution is -2.22. The first-order chi connectivity index (χ1) is 13.0. The Labute approximate surface area is 172 Å². The molecule has 2 heterocycles. The molecule has 0 radical (unpaired) electrons. The van der Waals surface area contributed by atoms with Gasteiger partial charge < -0.3 is 9.73 Å². The van der Waals surface area contributed by atoms with E-state index >= 15 is 0 Å². The Hall–Kier alpha value is -1.97. The Bertz CT molecular complexity index is 937. The van der Waals surface area contributed by atoms with Crippen LogP contribution in [0.5, 0.6) is 0 Å². The number of thioether (sulfide) groups is 1. The highest BCUT2D eigenvalue weighted by atomic mass is 79.9. The summed E-state index contributed by atoms with van der Waals surface area (Å²) in [5, 5.41) is 11.1. The third-order valence-electron chi connectivity index (χ3n) is 3.51. The molecule has 1 amide bonds. The van der Waals surface area contributed by atoms with E-state index in [1.54, 1.807) is 0 Å². The maximum Gasteiger partial charge on any atom is 0.277 e. The van der Waals surface area contributed by atoms with Crippen molar-refractivity contribution < 1.29 is 14.0 Å². The number of ketones is 1. The van der Waals surface area contributed by atoms with Crippen LogP contribution >= 0.6 is 39.0 Å². The van der Waals surface area contributed by atoms with Gasteiger partial charge in [-0.3, -0.25) is 9.59 Å². The van der Waals surface area contributed by atoms with E-state index < -0.39 is 0 Å². The van der Waals surface area contributed by atoms with Gasteiger partial charge in [-0.15, -0.1) is 21.5 Å². The average molecular weight is 466 g/mol. The van der Waals surface area contributed by atoms with E-state index in [0.717, 1.165) is 14.9 Å². The predicted octanol–water partition coefficient (Wildman–Crippen LogP) is 4.21. The topological polar surface area (TPSA) is 85.1 Å². The van der Waals surface area contributed by atoms with Crippen LogP contribution in [0.1, 0.15) is 21.5 Å². The van der Waals surface area contributed by atoms with Gasteiger partial charge in [-0.1, -0.05) is 27.7 Å². The number of carbonyl (C=O) groups is 2. The van der Waals surface area contributed by atoms with Gasteiger partial charge in [0.2, 0.25) is 11.8 Å². The van der Waals surface area contributed by atoms with E-state index in [1.165, 1.54) is 30.0 Å². The van der Waals surface area contributed by atoms with Crippen molar-refractivity contribution >= 4 is 50.7 Å². The fraction of sp³-hybridized carbons (Fsp3) is 0.222. The summed E-state index contributed by atoms with van der Waals surface area (Å²) < 4.78 is 6.58. The normalized spacial score (nSPS) is 10.7. The third-order valence-corrected chi connectivity index (χ3v) is 6.04. The van der Waals surface area contributed by atoms with Crippen LogP contribution in [-0.4, -0.2) is 34.2 Å². The quantitative estimate of drug-likeness (QED) is 0.396. The van der Waals surface area contributed by atoms with Crippen molar-refractivity contribution in [1.29, 1.82) is 0 Å². The fourth-order valence-corrected chi connectivity index (χ4v) is 4.15. The molecule has 3 rings (SSSR count). The lowest BCUT2D eigenvalue weighted by atomic mass is 10.2. The highest BCUT2D eigenvalue weighted by Crippen LogP contribution is 2.26. The van der Waals surface area contributed by atoms with Crippen molar-refractivity contribution in [2.45, 2.75) is 18.6 Å². The number of benzene rings is 1. The minimum absolute atomic E-state index is 0.0131. The van der Waals surface area contributed by atoms with Crippen LogP contribution in [-0.2, 0) is 11.2 Å². The van der Waals surface area contributed by atoms with Crippen LogP contribution in [0, 0.1) is 0 Å². The van der Waals surface area contributed by atoms with Crippen molar-refractivity contribution in [3.05, 3.63) is 50.6 Å². The van der Waals surface area contributed by atoms with E-state index in [9.17, 15) is 9.59 Å². The van der Waals surface area contributed by atoms with Gasteiger partial charge in [-0.25, -0.2) is 0 Å². The highest BCUT2D eigenvalue weighted by molar-refractivity contribution is 9.10. The van der Waals surface area contributed by atoms with Gasteiger partial charge in [-0.2, -0.15) is 0 Å². The van der Waals surface area contributed by atoms with Gasteiger partial charge in [-0.05, 0) is 42.8 Å². The summed E-state index contributed by atoms with van der Waals surface area (Å²) in [6.07, 6.45) is 0.713. The first kappa shape index (κ1) is 19.8. The Morgan fingerprint density at radius 1 is 1.19 bits per heavy atom. The molecule has 27 heavy (non-hydrogen) atoms. The molecular formula is C18H16BrN3O3S2. The zero-order valence-electron chi connectivity index (χ0n) is 14.4. The largest absolute Gasteiger partial charge is 0.411 e.